The molecule has 0 atom stereocenters. The van der Waals surface area contributed by atoms with Crippen LogP contribution < -0.4 is 0 Å². The Morgan fingerprint density at radius 2 is 1.93 bits per heavy atom. The third-order valence-corrected chi connectivity index (χ3v) is 1.46. The molecule has 0 aromatic rings. The van der Waals surface area contributed by atoms with E-state index in [0.717, 1.165) is 0 Å². The van der Waals surface area contributed by atoms with E-state index in [0.29, 0.717) is 13.1 Å². The molecule has 0 aromatic carbocycles. The third kappa shape index (κ3) is 6.71. The first kappa shape index (κ1) is 9.77. The Balaban J connectivity index is 3.97. The second-order valence-electron chi connectivity index (χ2n) is 4.30. The highest BCUT2D eigenvalue weighted by Gasteiger charge is 2.19. The van der Waals surface area contributed by atoms with E-state index < -0.39 is 5.60 Å². The van der Waals surface area contributed by atoms with Crippen LogP contribution >= 0.6 is 0 Å². The quantitative estimate of drug-likeness (QED) is 0.697. The average molecular weight is 204 g/mol. The van der Waals surface area contributed by atoms with Crippen molar-refractivity contribution in [3.8, 4) is 0 Å². The molecule has 0 aliphatic carbocycles. The summed E-state index contributed by atoms with van der Waals surface area (Å²) >= 11 is 0. The van der Waals surface area contributed by atoms with Crippen LogP contribution in [-0.2, 0) is 4.74 Å². The van der Waals surface area contributed by atoms with Crippen LogP contribution in [0.2, 0.25) is 0 Å². The summed E-state index contributed by atoms with van der Waals surface area (Å²) in [7, 11) is 1.80. The van der Waals surface area contributed by atoms with Crippen molar-refractivity contribution in [3.05, 3.63) is 0 Å². The summed E-state index contributed by atoms with van der Waals surface area (Å²) in [5.74, 6) is 0. The molecule has 0 aliphatic rings. The molecule has 0 saturated carbocycles. The predicted molar refractivity (Wildman–Crippen MR) is 57.4 cm³/mol. The lowest BCUT2D eigenvalue weighted by molar-refractivity contribution is 0.0290. The zero-order valence-electron chi connectivity index (χ0n) is 11.5. The van der Waals surface area contributed by atoms with Crippen LogP contribution in [0, 0.1) is 0 Å². The van der Waals surface area contributed by atoms with Gasteiger partial charge in [0.2, 0.25) is 0 Å². The number of ether oxygens (including phenoxy) is 1. The van der Waals surface area contributed by atoms with Gasteiger partial charge in [0, 0.05) is 22.9 Å². The second-order valence-corrected chi connectivity index (χ2v) is 4.30. The topological polar surface area (TPSA) is 32.8 Å². The summed E-state index contributed by atoms with van der Waals surface area (Å²) in [5, 5.41) is 0. The van der Waals surface area contributed by atoms with Crippen LogP contribution in [0.25, 0.3) is 0 Å². The molecule has 84 valence electrons. The van der Waals surface area contributed by atoms with Crippen LogP contribution in [-0.4, -0.2) is 55.7 Å². The SMILES string of the molecule is [2H]CN(C[2H])CCN(C)C(=O)OC(C)(C)C. The predicted octanol–water partition coefficient (Wildman–Crippen LogP) is 1.41. The maximum atomic E-state index is 11.5. The molecular weight excluding hydrogens is 180 g/mol. The standard InChI is InChI=1S/C10H22N2O2/c1-10(2,3)14-9(13)12(6)8-7-11(4)5/h7-8H2,1-6H3/i4D,5D. The van der Waals surface area contributed by atoms with Gasteiger partial charge in [-0.3, -0.25) is 0 Å². The highest BCUT2D eigenvalue weighted by atomic mass is 16.6. The van der Waals surface area contributed by atoms with Crippen molar-refractivity contribution in [2.24, 2.45) is 0 Å². The molecule has 1 amide bonds. The zero-order valence-corrected chi connectivity index (χ0v) is 9.54. The maximum absolute atomic E-state index is 11.5. The number of hydrogen-bond acceptors (Lipinski definition) is 3. The van der Waals surface area contributed by atoms with Crippen LogP contribution in [0.15, 0.2) is 0 Å². The second kappa shape index (κ2) is 5.20. The molecule has 0 aromatic heterocycles. The van der Waals surface area contributed by atoms with Crippen LogP contribution in [0.5, 0.6) is 0 Å². The summed E-state index contributed by atoms with van der Waals surface area (Å²) in [4.78, 5) is 14.6. The minimum absolute atomic E-state index is 0.0751. The molecule has 14 heavy (non-hydrogen) atoms. The Morgan fingerprint density at radius 3 is 2.36 bits per heavy atom. The largest absolute Gasteiger partial charge is 0.444 e. The highest BCUT2D eigenvalue weighted by molar-refractivity contribution is 5.67. The first-order chi connectivity index (χ1) is 7.30. The first-order valence-corrected chi connectivity index (χ1v) is 4.55. The van der Waals surface area contributed by atoms with Gasteiger partial charge in [0.25, 0.3) is 0 Å². The Morgan fingerprint density at radius 1 is 1.36 bits per heavy atom. The Hall–Kier alpha value is -0.770. The smallest absolute Gasteiger partial charge is 0.410 e. The zero-order chi connectivity index (χ0) is 12.8. The number of likely N-dealkylation sites (N-methyl/N-ethyl adjacent to an activating group) is 2. The molecule has 0 bridgehead atoms. The van der Waals surface area contributed by atoms with E-state index >= 15 is 0 Å². The summed E-state index contributed by atoms with van der Waals surface area (Å²) < 4.78 is 19.4. The molecule has 0 rings (SSSR count). The van der Waals surface area contributed by atoms with Gasteiger partial charge in [-0.2, -0.15) is 0 Å². The first-order valence-electron chi connectivity index (χ1n) is 5.96. The van der Waals surface area contributed by atoms with E-state index in [-0.39, 0.29) is 20.1 Å². The lowest BCUT2D eigenvalue weighted by atomic mass is 10.2. The van der Waals surface area contributed by atoms with Crippen molar-refractivity contribution >= 4 is 6.09 Å². The van der Waals surface area contributed by atoms with Gasteiger partial charge in [-0.1, -0.05) is 0 Å². The minimum Gasteiger partial charge on any atom is -0.444 e. The molecule has 0 N–H and O–H groups in total. The monoisotopic (exact) mass is 204 g/mol. The summed E-state index contributed by atoms with van der Waals surface area (Å²) in [6.07, 6.45) is -0.373. The van der Waals surface area contributed by atoms with Gasteiger partial charge in [-0.25, -0.2) is 4.79 Å². The molecular formula is C10H22N2O2. The number of nitrogens with zero attached hydrogens (tertiary/aromatic N) is 2. The van der Waals surface area contributed by atoms with Crippen molar-refractivity contribution in [2.45, 2.75) is 26.4 Å². The van der Waals surface area contributed by atoms with Crippen molar-refractivity contribution in [1.82, 2.24) is 9.80 Å². The maximum Gasteiger partial charge on any atom is 0.410 e. The Bertz CT molecular complexity index is 215. The van der Waals surface area contributed by atoms with Gasteiger partial charge >= 0.3 is 6.09 Å². The third-order valence-electron chi connectivity index (χ3n) is 1.46. The van der Waals surface area contributed by atoms with E-state index in [1.807, 2.05) is 20.8 Å². The van der Waals surface area contributed by atoms with Crippen LogP contribution in [0.1, 0.15) is 23.5 Å². The molecule has 0 aliphatic heterocycles. The Labute approximate surface area is 89.6 Å². The van der Waals surface area contributed by atoms with E-state index in [1.54, 1.807) is 11.9 Å². The molecule has 0 radical (unpaired) electrons. The van der Waals surface area contributed by atoms with Crippen molar-refractivity contribution in [2.75, 3.05) is 34.2 Å². The fourth-order valence-electron chi connectivity index (χ4n) is 0.723. The van der Waals surface area contributed by atoms with Crippen LogP contribution in [0.3, 0.4) is 0 Å². The fourth-order valence-corrected chi connectivity index (χ4v) is 0.723. The van der Waals surface area contributed by atoms with Crippen LogP contribution in [0.4, 0.5) is 4.79 Å². The fraction of sp³-hybridized carbons (Fsp3) is 0.900. The molecule has 0 heterocycles. The van der Waals surface area contributed by atoms with Gasteiger partial charge in [0.05, 0.1) is 0 Å². The minimum atomic E-state index is -0.490. The van der Waals surface area contributed by atoms with Gasteiger partial charge in [0.1, 0.15) is 5.60 Å². The van der Waals surface area contributed by atoms with Crippen molar-refractivity contribution < 1.29 is 12.3 Å². The lowest BCUT2D eigenvalue weighted by Crippen LogP contribution is -2.37. The van der Waals surface area contributed by atoms with Gasteiger partial charge in [-0.05, 0) is 34.8 Å². The van der Waals surface area contributed by atoms with Gasteiger partial charge in [0.15, 0.2) is 0 Å². The molecule has 4 nitrogen and oxygen atoms in total. The van der Waals surface area contributed by atoms with Gasteiger partial charge in [-0.15, -0.1) is 0 Å². The molecule has 0 fully saturated rings. The lowest BCUT2D eigenvalue weighted by Gasteiger charge is -2.25. The molecule has 0 spiro atoms. The van der Waals surface area contributed by atoms with E-state index in [4.69, 9.17) is 7.48 Å². The van der Waals surface area contributed by atoms with Crippen molar-refractivity contribution in [1.29, 1.82) is 0 Å². The highest BCUT2D eigenvalue weighted by Crippen LogP contribution is 2.08. The number of hydrogen-bond donors (Lipinski definition) is 0. The van der Waals surface area contributed by atoms with Crippen molar-refractivity contribution in [3.63, 3.8) is 0 Å². The van der Waals surface area contributed by atoms with E-state index in [2.05, 4.69) is 0 Å². The van der Waals surface area contributed by atoms with E-state index in [9.17, 15) is 4.79 Å². The number of rotatable bonds is 3. The summed E-state index contributed by atoms with van der Waals surface area (Å²) in [5.41, 5.74) is -0.490. The molecule has 0 unspecified atom stereocenters. The average Bonchev–Trinajstić information content (AvgIpc) is 2.16. The Kier molecular flexibility index (Phi) is 3.63. The van der Waals surface area contributed by atoms with Gasteiger partial charge < -0.3 is 14.5 Å². The number of amides is 1. The molecule has 4 heteroatoms. The summed E-state index contributed by atoms with van der Waals surface area (Å²) in [6.45, 7) is 6.44. The molecule has 0 saturated heterocycles. The summed E-state index contributed by atoms with van der Waals surface area (Å²) in [6, 6.07) is 0. The van der Waals surface area contributed by atoms with E-state index in [1.165, 1.54) is 4.90 Å². The number of carbonyl (C=O) groups is 1. The number of carbonyl (C=O) groups excluding carboxylic acids is 1. The normalized spacial score (nSPS) is 13.5.